The van der Waals surface area contributed by atoms with E-state index in [4.69, 9.17) is 0 Å². The van der Waals surface area contributed by atoms with Crippen LogP contribution >= 0.6 is 0 Å². The van der Waals surface area contributed by atoms with Crippen molar-refractivity contribution in [3.63, 3.8) is 0 Å². The Hall–Kier alpha value is -2.90. The Kier molecular flexibility index (Phi) is 6.38. The molecule has 0 bridgehead atoms. The van der Waals surface area contributed by atoms with E-state index in [2.05, 4.69) is 15.5 Å². The van der Waals surface area contributed by atoms with Crippen LogP contribution in [0.25, 0.3) is 5.69 Å². The van der Waals surface area contributed by atoms with Crippen LogP contribution in [-0.2, 0) is 26.4 Å². The summed E-state index contributed by atoms with van der Waals surface area (Å²) in [6, 6.07) is 8.41. The molecule has 2 aromatic heterocycles. The van der Waals surface area contributed by atoms with E-state index in [9.17, 15) is 21.6 Å². The van der Waals surface area contributed by atoms with Gasteiger partial charge in [0.05, 0.1) is 22.0 Å². The molecule has 1 aromatic carbocycles. The lowest BCUT2D eigenvalue weighted by molar-refractivity contribution is 0.444. The average Bonchev–Trinajstić information content (AvgIpc) is 3.18. The molecule has 11 nitrogen and oxygen atoms in total. The van der Waals surface area contributed by atoms with Crippen LogP contribution in [0.2, 0.25) is 0 Å². The molecule has 31 heavy (non-hydrogen) atoms. The maximum Gasteiger partial charge on any atom is 0.251 e. The number of sulfone groups is 1. The number of pyridine rings is 1. The van der Waals surface area contributed by atoms with Crippen molar-refractivity contribution in [1.29, 1.82) is 0 Å². The number of nitrogens with zero attached hydrogens (tertiary/aromatic N) is 6. The molecule has 0 fully saturated rings. The van der Waals surface area contributed by atoms with E-state index in [-0.39, 0.29) is 22.2 Å². The second kappa shape index (κ2) is 8.69. The Labute approximate surface area is 179 Å². The van der Waals surface area contributed by atoms with Crippen LogP contribution in [0.1, 0.15) is 19.7 Å². The molecule has 0 amide bonds. The van der Waals surface area contributed by atoms with Gasteiger partial charge in [0.25, 0.3) is 5.56 Å². The Balaban J connectivity index is 1.97. The van der Waals surface area contributed by atoms with Crippen molar-refractivity contribution in [3.8, 4) is 5.69 Å². The van der Waals surface area contributed by atoms with Crippen LogP contribution in [0.3, 0.4) is 0 Å². The van der Waals surface area contributed by atoms with E-state index in [1.54, 1.807) is 26.0 Å². The van der Waals surface area contributed by atoms with Gasteiger partial charge in [-0.25, -0.2) is 16.8 Å². The van der Waals surface area contributed by atoms with Crippen LogP contribution in [0.15, 0.2) is 57.2 Å². The molecule has 0 saturated heterocycles. The molecule has 0 atom stereocenters. The third-order valence-electron chi connectivity index (χ3n) is 4.65. The Bertz CT molecular complexity index is 1340. The predicted octanol–water partition coefficient (Wildman–Crippen LogP) is 0.306. The van der Waals surface area contributed by atoms with Crippen molar-refractivity contribution in [2.45, 2.75) is 30.2 Å². The van der Waals surface area contributed by atoms with Crippen molar-refractivity contribution < 1.29 is 16.8 Å². The summed E-state index contributed by atoms with van der Waals surface area (Å²) in [4.78, 5) is 12.5. The van der Waals surface area contributed by atoms with E-state index < -0.39 is 25.4 Å². The lowest BCUT2D eigenvalue weighted by Gasteiger charge is -2.19. The fourth-order valence-corrected chi connectivity index (χ4v) is 5.10. The van der Waals surface area contributed by atoms with Crippen LogP contribution < -0.4 is 5.56 Å². The number of aromatic nitrogens is 5. The highest BCUT2D eigenvalue weighted by molar-refractivity contribution is 7.90. The van der Waals surface area contributed by atoms with Gasteiger partial charge in [0.15, 0.2) is 15.7 Å². The fourth-order valence-electron chi connectivity index (χ4n) is 2.99. The first-order chi connectivity index (χ1) is 14.6. The number of sulfonamides is 1. The molecule has 0 aliphatic carbocycles. The summed E-state index contributed by atoms with van der Waals surface area (Å²) in [5.41, 5.74) is 0.0767. The molecule has 0 aliphatic heterocycles. The minimum absolute atomic E-state index is 0.00710. The fraction of sp³-hybridized carbons (Fsp3) is 0.333. The SMILES string of the molecule is CCN(CC)S(=O)(=O)c1ccc(=O)n(Cc2nnnn2-c2ccc(S(C)(=O)=O)cc2)c1. The van der Waals surface area contributed by atoms with Gasteiger partial charge in [-0.3, -0.25) is 4.79 Å². The number of hydrogen-bond donors (Lipinski definition) is 0. The average molecular weight is 467 g/mol. The number of rotatable bonds is 8. The Morgan fingerprint density at radius 2 is 1.55 bits per heavy atom. The first-order valence-corrected chi connectivity index (χ1v) is 12.7. The van der Waals surface area contributed by atoms with E-state index in [0.29, 0.717) is 18.8 Å². The van der Waals surface area contributed by atoms with Gasteiger partial charge in [-0.2, -0.15) is 8.99 Å². The molecule has 3 aromatic rings. The summed E-state index contributed by atoms with van der Waals surface area (Å²) in [5, 5.41) is 11.4. The van der Waals surface area contributed by atoms with E-state index in [0.717, 1.165) is 6.26 Å². The van der Waals surface area contributed by atoms with Crippen molar-refractivity contribution in [1.82, 2.24) is 29.1 Å². The van der Waals surface area contributed by atoms with E-state index in [1.807, 2.05) is 0 Å². The zero-order valence-electron chi connectivity index (χ0n) is 17.2. The first-order valence-electron chi connectivity index (χ1n) is 9.36. The van der Waals surface area contributed by atoms with Crippen LogP contribution in [0, 0.1) is 0 Å². The summed E-state index contributed by atoms with van der Waals surface area (Å²) in [6.45, 7) is 4.00. The highest BCUT2D eigenvalue weighted by Gasteiger charge is 2.22. The number of hydrogen-bond acceptors (Lipinski definition) is 8. The molecule has 0 unspecified atom stereocenters. The van der Waals surface area contributed by atoms with Crippen LogP contribution in [0.4, 0.5) is 0 Å². The molecule has 0 radical (unpaired) electrons. The Morgan fingerprint density at radius 1 is 0.935 bits per heavy atom. The van der Waals surface area contributed by atoms with Gasteiger partial charge in [0, 0.05) is 31.6 Å². The van der Waals surface area contributed by atoms with Crippen molar-refractivity contribution in [2.75, 3.05) is 19.3 Å². The zero-order valence-corrected chi connectivity index (χ0v) is 18.8. The van der Waals surface area contributed by atoms with Gasteiger partial charge in [-0.05, 0) is 40.8 Å². The summed E-state index contributed by atoms with van der Waals surface area (Å²) in [6.07, 6.45) is 2.37. The Morgan fingerprint density at radius 3 is 2.13 bits per heavy atom. The normalized spacial score (nSPS) is 12.4. The molecule has 0 spiro atoms. The molecule has 0 aliphatic rings. The monoisotopic (exact) mass is 466 g/mol. The second-order valence-corrected chi connectivity index (χ2v) is 10.6. The lowest BCUT2D eigenvalue weighted by Crippen LogP contribution is -2.32. The van der Waals surface area contributed by atoms with Gasteiger partial charge < -0.3 is 4.57 Å². The summed E-state index contributed by atoms with van der Waals surface area (Å²) < 4.78 is 52.7. The van der Waals surface area contributed by atoms with Gasteiger partial charge in [-0.1, -0.05) is 13.8 Å². The summed E-state index contributed by atoms with van der Waals surface area (Å²) >= 11 is 0. The maximum absolute atomic E-state index is 12.8. The first kappa shape index (κ1) is 22.8. The minimum atomic E-state index is -3.74. The maximum atomic E-state index is 12.8. The van der Waals surface area contributed by atoms with Crippen LogP contribution in [-0.4, -0.2) is 65.3 Å². The van der Waals surface area contributed by atoms with Crippen molar-refractivity contribution >= 4 is 19.9 Å². The number of benzene rings is 1. The van der Waals surface area contributed by atoms with Crippen LogP contribution in [0.5, 0.6) is 0 Å². The second-order valence-electron chi connectivity index (χ2n) is 6.69. The highest BCUT2D eigenvalue weighted by Crippen LogP contribution is 2.16. The molecule has 2 heterocycles. The van der Waals surface area contributed by atoms with Crippen molar-refractivity contribution in [2.24, 2.45) is 0 Å². The zero-order chi connectivity index (χ0) is 22.8. The van der Waals surface area contributed by atoms with Crippen molar-refractivity contribution in [3.05, 3.63) is 58.8 Å². The van der Waals surface area contributed by atoms with E-state index >= 15 is 0 Å². The molecule has 166 valence electrons. The van der Waals surface area contributed by atoms with Gasteiger partial charge in [-0.15, -0.1) is 5.10 Å². The predicted molar refractivity (Wildman–Crippen MR) is 112 cm³/mol. The molecular weight excluding hydrogens is 444 g/mol. The third-order valence-corrected chi connectivity index (χ3v) is 7.82. The van der Waals surface area contributed by atoms with Gasteiger partial charge in [0.1, 0.15) is 0 Å². The van der Waals surface area contributed by atoms with Gasteiger partial charge >= 0.3 is 0 Å². The molecular formula is C18H22N6O5S2. The molecule has 0 saturated carbocycles. The third kappa shape index (κ3) is 4.73. The molecule has 3 rings (SSSR count). The highest BCUT2D eigenvalue weighted by atomic mass is 32.2. The smallest absolute Gasteiger partial charge is 0.251 e. The molecule has 13 heteroatoms. The topological polar surface area (TPSA) is 137 Å². The van der Waals surface area contributed by atoms with Gasteiger partial charge in [0.2, 0.25) is 10.0 Å². The van der Waals surface area contributed by atoms with E-state index in [1.165, 1.54) is 44.0 Å². The number of tetrazole rings is 1. The quantitative estimate of drug-likeness (QED) is 0.462. The minimum Gasteiger partial charge on any atom is -0.306 e. The largest absolute Gasteiger partial charge is 0.306 e. The summed E-state index contributed by atoms with van der Waals surface area (Å²) in [5.74, 6) is 0.270. The summed E-state index contributed by atoms with van der Waals surface area (Å²) in [7, 11) is -7.09. The molecule has 0 N–H and O–H groups in total. The standard InChI is InChI=1S/C18H22N6O5S2/c1-4-23(5-2)31(28,29)16-10-11-18(25)22(12-16)13-17-19-20-21-24(17)14-6-8-15(9-7-14)30(3,26)27/h6-12H,4-5,13H2,1-3H3. The lowest BCUT2D eigenvalue weighted by atomic mass is 10.3.